The number of unbranched alkanes of at least 4 members (excludes halogenated alkanes) is 2. The number of nitrogens with two attached hydrogens (primary N) is 1. The molecule has 1 atom stereocenters. The molecule has 0 bridgehead atoms. The van der Waals surface area contributed by atoms with Crippen molar-refractivity contribution in [2.45, 2.75) is 90.7 Å². The molecule has 0 fully saturated rings. The summed E-state index contributed by atoms with van der Waals surface area (Å²) < 4.78 is 26.9. The second kappa shape index (κ2) is 24.3. The molecule has 0 heterocycles. The summed E-state index contributed by atoms with van der Waals surface area (Å²) in [6, 6.07) is -0.175. The van der Waals surface area contributed by atoms with Gasteiger partial charge in [0.2, 0.25) is 11.8 Å². The topological polar surface area (TPSA) is 147 Å². The second-order valence-corrected chi connectivity index (χ2v) is 9.99. The zero-order valence-electron chi connectivity index (χ0n) is 24.1. The van der Waals surface area contributed by atoms with Gasteiger partial charge in [-0.3, -0.25) is 14.4 Å². The summed E-state index contributed by atoms with van der Waals surface area (Å²) in [4.78, 5) is 35.9. The van der Waals surface area contributed by atoms with Crippen molar-refractivity contribution in [2.75, 3.05) is 65.9 Å². The Morgan fingerprint density at radius 2 is 1.34 bits per heavy atom. The van der Waals surface area contributed by atoms with E-state index >= 15 is 0 Å². The van der Waals surface area contributed by atoms with E-state index in [2.05, 4.69) is 10.6 Å². The zero-order chi connectivity index (χ0) is 28.5. The van der Waals surface area contributed by atoms with Gasteiger partial charge in [-0.1, -0.05) is 19.8 Å². The molecule has 11 heteroatoms. The molecule has 0 aromatic rings. The Morgan fingerprint density at radius 3 is 1.89 bits per heavy atom. The minimum Gasteiger partial charge on any atom is -0.460 e. The molecular weight excluding hydrogens is 494 g/mol. The van der Waals surface area contributed by atoms with Crippen LogP contribution in [0.25, 0.3) is 0 Å². The van der Waals surface area contributed by atoms with Gasteiger partial charge >= 0.3 is 5.97 Å². The fourth-order valence-corrected chi connectivity index (χ4v) is 3.27. The summed E-state index contributed by atoms with van der Waals surface area (Å²) in [6.07, 6.45) is 5.24. The van der Waals surface area contributed by atoms with Crippen LogP contribution in [-0.2, 0) is 38.1 Å². The van der Waals surface area contributed by atoms with E-state index in [0.29, 0.717) is 72.4 Å². The van der Waals surface area contributed by atoms with Gasteiger partial charge in [0.15, 0.2) is 0 Å². The Hall–Kier alpha value is -1.79. The quantitative estimate of drug-likeness (QED) is 0.115. The number of hydrogen-bond donors (Lipinski definition) is 3. The number of esters is 1. The average molecular weight is 548 g/mol. The molecule has 0 aromatic heterocycles. The van der Waals surface area contributed by atoms with Gasteiger partial charge in [-0.15, -0.1) is 0 Å². The Kier molecular flexibility index (Phi) is 23.1. The van der Waals surface area contributed by atoms with Crippen LogP contribution in [0.4, 0.5) is 0 Å². The Morgan fingerprint density at radius 1 is 0.763 bits per heavy atom. The molecule has 2 amide bonds. The molecule has 0 aromatic carbocycles. The van der Waals surface area contributed by atoms with E-state index in [-0.39, 0.29) is 36.7 Å². The first-order valence-electron chi connectivity index (χ1n) is 14.0. The zero-order valence-corrected chi connectivity index (χ0v) is 24.1. The molecular formula is C27H53N3O8. The third-order valence-electron chi connectivity index (χ3n) is 5.12. The van der Waals surface area contributed by atoms with Gasteiger partial charge in [-0.2, -0.15) is 0 Å². The first-order chi connectivity index (χ1) is 18.2. The molecule has 0 rings (SSSR count). The SMILES string of the molecule is CCCCC(=O)NC(CCCCN)CC(=O)NCCOCCOCCOCCOCCC(=O)OC(C)(C)C. The fraction of sp³-hybridized carbons (Fsp3) is 0.889. The Labute approximate surface area is 229 Å². The van der Waals surface area contributed by atoms with Crippen molar-refractivity contribution in [3.63, 3.8) is 0 Å². The van der Waals surface area contributed by atoms with Crippen molar-refractivity contribution < 1.29 is 38.1 Å². The van der Waals surface area contributed by atoms with E-state index in [1.807, 2.05) is 27.7 Å². The summed E-state index contributed by atoms with van der Waals surface area (Å²) in [5.74, 6) is -0.388. The summed E-state index contributed by atoms with van der Waals surface area (Å²) >= 11 is 0. The predicted octanol–water partition coefficient (Wildman–Crippen LogP) is 2.09. The van der Waals surface area contributed by atoms with Gasteiger partial charge in [0.25, 0.3) is 0 Å². The smallest absolute Gasteiger partial charge is 0.308 e. The molecule has 0 aliphatic heterocycles. The molecule has 0 saturated carbocycles. The maximum atomic E-state index is 12.3. The lowest BCUT2D eigenvalue weighted by molar-refractivity contribution is -0.156. The second-order valence-electron chi connectivity index (χ2n) is 9.99. The standard InChI is InChI=1S/C27H53N3O8/c1-5-6-10-24(31)30-23(9-7-8-12-28)22-25(32)29-13-15-35-17-19-37-21-20-36-18-16-34-14-11-26(33)38-27(2,3)4/h23H,5-22,28H2,1-4H3,(H,29,32)(H,30,31). The average Bonchev–Trinajstić information content (AvgIpc) is 2.84. The highest BCUT2D eigenvalue weighted by atomic mass is 16.6. The summed E-state index contributed by atoms with van der Waals surface area (Å²) in [5.41, 5.74) is 5.08. The van der Waals surface area contributed by atoms with Crippen molar-refractivity contribution in [3.05, 3.63) is 0 Å². The molecule has 38 heavy (non-hydrogen) atoms. The highest BCUT2D eigenvalue weighted by Crippen LogP contribution is 2.08. The number of nitrogens with one attached hydrogen (secondary N) is 2. The van der Waals surface area contributed by atoms with Crippen LogP contribution in [-0.4, -0.2) is 95.4 Å². The molecule has 224 valence electrons. The van der Waals surface area contributed by atoms with Gasteiger partial charge in [0.05, 0.1) is 59.3 Å². The summed E-state index contributed by atoms with van der Waals surface area (Å²) in [6.45, 7) is 11.8. The minimum absolute atomic E-state index is 0.00485. The number of ether oxygens (including phenoxy) is 5. The Bertz CT molecular complexity index is 614. The first kappa shape index (κ1) is 36.2. The predicted molar refractivity (Wildman–Crippen MR) is 146 cm³/mol. The highest BCUT2D eigenvalue weighted by Gasteiger charge is 2.16. The van der Waals surface area contributed by atoms with Gasteiger partial charge in [0, 0.05) is 25.4 Å². The minimum atomic E-state index is -0.482. The lowest BCUT2D eigenvalue weighted by atomic mass is 10.1. The van der Waals surface area contributed by atoms with Crippen LogP contribution in [0.15, 0.2) is 0 Å². The maximum Gasteiger partial charge on any atom is 0.308 e. The number of amides is 2. The van der Waals surface area contributed by atoms with Crippen molar-refractivity contribution in [2.24, 2.45) is 5.73 Å². The van der Waals surface area contributed by atoms with Crippen LogP contribution in [0, 0.1) is 0 Å². The summed E-state index contributed by atoms with van der Waals surface area (Å²) in [5, 5.41) is 5.82. The van der Waals surface area contributed by atoms with E-state index in [1.165, 1.54) is 0 Å². The number of carbonyl (C=O) groups is 3. The van der Waals surface area contributed by atoms with E-state index < -0.39 is 5.60 Å². The molecule has 0 spiro atoms. The van der Waals surface area contributed by atoms with Crippen LogP contribution in [0.3, 0.4) is 0 Å². The lowest BCUT2D eigenvalue weighted by Crippen LogP contribution is -2.39. The van der Waals surface area contributed by atoms with E-state index in [1.54, 1.807) is 0 Å². The maximum absolute atomic E-state index is 12.3. The van der Waals surface area contributed by atoms with Crippen molar-refractivity contribution in [3.8, 4) is 0 Å². The molecule has 11 nitrogen and oxygen atoms in total. The normalized spacial score (nSPS) is 12.2. The van der Waals surface area contributed by atoms with Crippen LogP contribution in [0.1, 0.15) is 79.1 Å². The highest BCUT2D eigenvalue weighted by molar-refractivity contribution is 5.79. The van der Waals surface area contributed by atoms with Crippen LogP contribution in [0.2, 0.25) is 0 Å². The van der Waals surface area contributed by atoms with Crippen LogP contribution in [0.5, 0.6) is 0 Å². The summed E-state index contributed by atoms with van der Waals surface area (Å²) in [7, 11) is 0. The molecule has 0 saturated heterocycles. The number of carbonyl (C=O) groups excluding carboxylic acids is 3. The van der Waals surface area contributed by atoms with E-state index in [0.717, 1.165) is 32.1 Å². The van der Waals surface area contributed by atoms with E-state index in [9.17, 15) is 14.4 Å². The monoisotopic (exact) mass is 547 g/mol. The molecule has 1 unspecified atom stereocenters. The number of rotatable bonds is 25. The molecule has 0 aliphatic carbocycles. The van der Waals surface area contributed by atoms with Crippen LogP contribution < -0.4 is 16.4 Å². The third-order valence-corrected chi connectivity index (χ3v) is 5.12. The van der Waals surface area contributed by atoms with Gasteiger partial charge in [-0.05, 0) is 46.6 Å². The van der Waals surface area contributed by atoms with Gasteiger partial charge in [0.1, 0.15) is 5.60 Å². The third kappa shape index (κ3) is 25.8. The molecule has 0 aliphatic rings. The van der Waals surface area contributed by atoms with E-state index in [4.69, 9.17) is 29.4 Å². The van der Waals surface area contributed by atoms with Gasteiger partial charge < -0.3 is 40.1 Å². The van der Waals surface area contributed by atoms with Crippen LogP contribution >= 0.6 is 0 Å². The van der Waals surface area contributed by atoms with Crippen molar-refractivity contribution in [1.29, 1.82) is 0 Å². The molecule has 0 radical (unpaired) electrons. The largest absolute Gasteiger partial charge is 0.460 e. The Balaban J connectivity index is 3.65. The molecule has 4 N–H and O–H groups in total. The first-order valence-corrected chi connectivity index (χ1v) is 14.0. The van der Waals surface area contributed by atoms with Crippen molar-refractivity contribution >= 4 is 17.8 Å². The van der Waals surface area contributed by atoms with Gasteiger partial charge in [-0.25, -0.2) is 0 Å². The lowest BCUT2D eigenvalue weighted by Gasteiger charge is -2.19. The number of hydrogen-bond acceptors (Lipinski definition) is 9. The van der Waals surface area contributed by atoms with Crippen molar-refractivity contribution in [1.82, 2.24) is 10.6 Å². The fourth-order valence-electron chi connectivity index (χ4n) is 3.27.